The molecule has 0 aromatic carbocycles. The number of ether oxygens (including phenoxy) is 1. The van der Waals surface area contributed by atoms with Crippen molar-refractivity contribution in [2.24, 2.45) is 0 Å². The van der Waals surface area contributed by atoms with Crippen molar-refractivity contribution in [3.8, 4) is 0 Å². The molecule has 2 atom stereocenters. The zero-order chi connectivity index (χ0) is 11.8. The fraction of sp³-hybridized carbons (Fsp3) is 0.818. The largest absolute Gasteiger partial charge is 0.495 e. The van der Waals surface area contributed by atoms with Gasteiger partial charge in [-0.2, -0.15) is 0 Å². The van der Waals surface area contributed by atoms with E-state index in [9.17, 15) is 13.5 Å². The molecule has 1 saturated carbocycles. The molecule has 2 aliphatic rings. The Bertz CT molecular complexity index is 398. The Morgan fingerprint density at radius 2 is 2.25 bits per heavy atom. The molecule has 5 heteroatoms. The van der Waals surface area contributed by atoms with Crippen molar-refractivity contribution in [3.05, 3.63) is 11.8 Å². The van der Waals surface area contributed by atoms with Crippen molar-refractivity contribution >= 4 is 9.84 Å². The van der Waals surface area contributed by atoms with Crippen LogP contribution in [-0.2, 0) is 14.6 Å². The van der Waals surface area contributed by atoms with E-state index in [-0.39, 0.29) is 0 Å². The summed E-state index contributed by atoms with van der Waals surface area (Å²) in [4.78, 5) is 0. The lowest BCUT2D eigenvalue weighted by molar-refractivity contribution is 0.0119. The van der Waals surface area contributed by atoms with Crippen LogP contribution in [0, 0.1) is 0 Å². The number of sulfone groups is 1. The van der Waals surface area contributed by atoms with Crippen molar-refractivity contribution in [3.63, 3.8) is 0 Å². The smallest absolute Gasteiger partial charge is 0.153 e. The van der Waals surface area contributed by atoms with Gasteiger partial charge in [0, 0.05) is 6.26 Å². The highest BCUT2D eigenvalue weighted by molar-refractivity contribution is 7.91. The van der Waals surface area contributed by atoms with E-state index >= 15 is 0 Å². The quantitative estimate of drug-likeness (QED) is 0.789. The van der Waals surface area contributed by atoms with E-state index in [4.69, 9.17) is 4.74 Å². The van der Waals surface area contributed by atoms with E-state index < -0.39 is 20.7 Å². The van der Waals surface area contributed by atoms with Gasteiger partial charge in [0.1, 0.15) is 11.4 Å². The summed E-state index contributed by atoms with van der Waals surface area (Å²) in [6, 6.07) is 0. The predicted octanol–water partition coefficient (Wildman–Crippen LogP) is 1.01. The van der Waals surface area contributed by atoms with Crippen LogP contribution in [0.4, 0.5) is 0 Å². The Morgan fingerprint density at radius 1 is 1.50 bits per heavy atom. The molecule has 1 N–H and O–H groups in total. The Kier molecular flexibility index (Phi) is 3.01. The average Bonchev–Trinajstić information content (AvgIpc) is 2.63. The Labute approximate surface area is 96.2 Å². The number of allylic oxidation sites excluding steroid dienone is 1. The van der Waals surface area contributed by atoms with Crippen LogP contribution in [0.1, 0.15) is 32.1 Å². The van der Waals surface area contributed by atoms with Crippen molar-refractivity contribution < 1.29 is 18.3 Å². The van der Waals surface area contributed by atoms with Crippen LogP contribution in [0.2, 0.25) is 0 Å². The highest BCUT2D eigenvalue weighted by Gasteiger charge is 2.50. The van der Waals surface area contributed by atoms with Gasteiger partial charge in [-0.05, 0) is 38.2 Å². The number of hydrogen-bond acceptors (Lipinski definition) is 4. The van der Waals surface area contributed by atoms with Crippen LogP contribution in [-0.4, -0.2) is 37.2 Å². The van der Waals surface area contributed by atoms with Crippen molar-refractivity contribution in [1.29, 1.82) is 0 Å². The number of rotatable bonds is 2. The molecule has 0 radical (unpaired) electrons. The highest BCUT2D eigenvalue weighted by atomic mass is 32.2. The molecule has 1 aliphatic heterocycles. The molecule has 0 amide bonds. The summed E-state index contributed by atoms with van der Waals surface area (Å²) >= 11 is 0. The monoisotopic (exact) mass is 246 g/mol. The van der Waals surface area contributed by atoms with E-state index in [2.05, 4.69) is 0 Å². The topological polar surface area (TPSA) is 63.6 Å². The van der Waals surface area contributed by atoms with E-state index in [1.54, 1.807) is 0 Å². The fourth-order valence-corrected chi connectivity index (χ4v) is 4.20. The van der Waals surface area contributed by atoms with Crippen LogP contribution < -0.4 is 0 Å². The molecule has 2 rings (SSSR count). The third kappa shape index (κ3) is 1.98. The molecule has 0 bridgehead atoms. The van der Waals surface area contributed by atoms with Gasteiger partial charge < -0.3 is 9.84 Å². The maximum Gasteiger partial charge on any atom is 0.153 e. The van der Waals surface area contributed by atoms with Gasteiger partial charge in [-0.25, -0.2) is 8.42 Å². The molecule has 2 unspecified atom stereocenters. The summed E-state index contributed by atoms with van der Waals surface area (Å²) in [5.74, 6) is 0.478. The van der Waals surface area contributed by atoms with Gasteiger partial charge in [0.05, 0.1) is 11.9 Å². The summed E-state index contributed by atoms with van der Waals surface area (Å²) in [7, 11) is -3.23. The fourth-order valence-electron chi connectivity index (χ4n) is 2.67. The highest BCUT2D eigenvalue weighted by Crippen LogP contribution is 2.41. The van der Waals surface area contributed by atoms with Gasteiger partial charge in [0.25, 0.3) is 0 Å². The SMILES string of the molecule is CS(=O)(=O)C1CCCC1(O)C1=CCCCO1. The molecule has 0 aromatic rings. The van der Waals surface area contributed by atoms with Gasteiger partial charge in [-0.15, -0.1) is 0 Å². The third-order valence-electron chi connectivity index (χ3n) is 3.44. The molecule has 0 saturated heterocycles. The number of hydrogen-bond donors (Lipinski definition) is 1. The van der Waals surface area contributed by atoms with Crippen LogP contribution in [0.25, 0.3) is 0 Å². The molecule has 0 aromatic heterocycles. The van der Waals surface area contributed by atoms with Gasteiger partial charge in [0.2, 0.25) is 0 Å². The number of aliphatic hydroxyl groups is 1. The van der Waals surface area contributed by atoms with E-state index in [1.165, 1.54) is 6.26 Å². The summed E-state index contributed by atoms with van der Waals surface area (Å²) in [6.07, 6.45) is 6.56. The summed E-state index contributed by atoms with van der Waals surface area (Å²) in [5.41, 5.74) is -1.28. The summed E-state index contributed by atoms with van der Waals surface area (Å²) < 4.78 is 28.7. The Morgan fingerprint density at radius 3 is 2.81 bits per heavy atom. The molecule has 92 valence electrons. The maximum absolute atomic E-state index is 11.6. The lowest BCUT2D eigenvalue weighted by atomic mass is 9.97. The molecule has 4 nitrogen and oxygen atoms in total. The van der Waals surface area contributed by atoms with Crippen molar-refractivity contribution in [2.45, 2.75) is 43.0 Å². The minimum absolute atomic E-state index is 0.478. The lowest BCUT2D eigenvalue weighted by Gasteiger charge is -2.32. The first-order chi connectivity index (χ1) is 7.44. The minimum Gasteiger partial charge on any atom is -0.495 e. The Hall–Kier alpha value is -0.550. The zero-order valence-corrected chi connectivity index (χ0v) is 10.3. The van der Waals surface area contributed by atoms with Crippen molar-refractivity contribution in [2.75, 3.05) is 12.9 Å². The van der Waals surface area contributed by atoms with E-state index in [1.807, 2.05) is 6.08 Å². The molecule has 1 heterocycles. The van der Waals surface area contributed by atoms with Gasteiger partial charge in [-0.1, -0.05) is 0 Å². The molecule has 1 aliphatic carbocycles. The zero-order valence-electron chi connectivity index (χ0n) is 9.48. The van der Waals surface area contributed by atoms with Crippen LogP contribution in [0.5, 0.6) is 0 Å². The predicted molar refractivity (Wildman–Crippen MR) is 60.7 cm³/mol. The second-order valence-electron chi connectivity index (χ2n) is 4.69. The maximum atomic E-state index is 11.6. The van der Waals surface area contributed by atoms with Crippen LogP contribution >= 0.6 is 0 Å². The normalized spacial score (nSPS) is 35.6. The molecule has 1 fully saturated rings. The van der Waals surface area contributed by atoms with E-state index in [0.29, 0.717) is 25.2 Å². The van der Waals surface area contributed by atoms with Gasteiger partial charge in [0.15, 0.2) is 9.84 Å². The van der Waals surface area contributed by atoms with Crippen LogP contribution in [0.3, 0.4) is 0 Å². The third-order valence-corrected chi connectivity index (χ3v) is 5.10. The second-order valence-corrected chi connectivity index (χ2v) is 6.92. The molecule has 16 heavy (non-hydrogen) atoms. The van der Waals surface area contributed by atoms with Crippen LogP contribution in [0.15, 0.2) is 11.8 Å². The summed E-state index contributed by atoms with van der Waals surface area (Å²) in [6.45, 7) is 0.574. The first-order valence-corrected chi connectivity index (χ1v) is 7.65. The average molecular weight is 246 g/mol. The standard InChI is InChI=1S/C11H18O4S/c1-16(13,14)10-6-4-7-11(10,12)9-5-2-3-8-15-9/h5,10,12H,2-4,6-8H2,1H3. The second kappa shape index (κ2) is 4.04. The first kappa shape index (κ1) is 11.9. The first-order valence-electron chi connectivity index (χ1n) is 5.69. The molecular formula is C11H18O4S. The van der Waals surface area contributed by atoms with E-state index in [0.717, 1.165) is 19.3 Å². The lowest BCUT2D eigenvalue weighted by Crippen LogP contribution is -2.45. The van der Waals surface area contributed by atoms with Crippen molar-refractivity contribution in [1.82, 2.24) is 0 Å². The minimum atomic E-state index is -3.23. The van der Waals surface area contributed by atoms with Gasteiger partial charge >= 0.3 is 0 Å². The van der Waals surface area contributed by atoms with Gasteiger partial charge in [-0.3, -0.25) is 0 Å². The Balaban J connectivity index is 2.32. The molecular weight excluding hydrogens is 228 g/mol. The summed E-state index contributed by atoms with van der Waals surface area (Å²) in [5, 5.41) is 9.83. The molecule has 0 spiro atoms.